The van der Waals surface area contributed by atoms with Gasteiger partial charge >= 0.3 is 0 Å². The maximum atomic E-state index is 12.1. The lowest BCUT2D eigenvalue weighted by molar-refractivity contribution is -0.124. The molecule has 0 aromatic heterocycles. The van der Waals surface area contributed by atoms with Gasteiger partial charge < -0.3 is 10.2 Å². The molecular formula is C27H44O3. The molecule has 4 aliphatic carbocycles. The van der Waals surface area contributed by atoms with E-state index in [0.29, 0.717) is 43.4 Å². The van der Waals surface area contributed by atoms with E-state index in [1.807, 2.05) is 6.08 Å². The van der Waals surface area contributed by atoms with Crippen molar-refractivity contribution in [3.8, 4) is 0 Å². The van der Waals surface area contributed by atoms with Crippen LogP contribution >= 0.6 is 0 Å². The summed E-state index contributed by atoms with van der Waals surface area (Å²) < 4.78 is 46.3. The van der Waals surface area contributed by atoms with E-state index in [1.165, 1.54) is 0 Å². The van der Waals surface area contributed by atoms with Crippen molar-refractivity contribution in [2.24, 2.45) is 46.3 Å². The normalized spacial score (nSPS) is 50.1. The van der Waals surface area contributed by atoms with E-state index in [4.69, 9.17) is 8.22 Å². The van der Waals surface area contributed by atoms with Crippen LogP contribution in [0.4, 0.5) is 0 Å². The quantitative estimate of drug-likeness (QED) is 0.591. The molecule has 170 valence electrons. The van der Waals surface area contributed by atoms with E-state index >= 15 is 0 Å². The second kappa shape index (κ2) is 8.35. The van der Waals surface area contributed by atoms with Crippen LogP contribution in [0, 0.1) is 46.3 Å². The molecule has 0 aliphatic heterocycles. The number of rotatable bonds is 6. The molecule has 3 heteroatoms. The Balaban J connectivity index is 1.47. The van der Waals surface area contributed by atoms with Crippen molar-refractivity contribution in [1.29, 1.82) is 0 Å². The number of hydrogen-bond acceptors (Lipinski definition) is 3. The fourth-order valence-electron chi connectivity index (χ4n) is 8.36. The first-order chi connectivity index (χ1) is 16.5. The van der Waals surface area contributed by atoms with Crippen molar-refractivity contribution in [2.75, 3.05) is 6.56 Å². The van der Waals surface area contributed by atoms with E-state index in [2.05, 4.69) is 20.8 Å². The number of carbonyl (C=O) groups excluding carboxylic acids is 1. The molecule has 0 aromatic carbocycles. The highest BCUT2D eigenvalue weighted by molar-refractivity contribution is 5.91. The molecule has 4 rings (SSSR count). The molecule has 2 N–H and O–H groups in total. The highest BCUT2D eigenvalue weighted by Crippen LogP contribution is 2.67. The maximum Gasteiger partial charge on any atom is 0.155 e. The van der Waals surface area contributed by atoms with Crippen LogP contribution in [-0.4, -0.2) is 28.7 Å². The van der Waals surface area contributed by atoms with Gasteiger partial charge in [-0.05, 0) is 97.3 Å². The van der Waals surface area contributed by atoms with Gasteiger partial charge in [0.25, 0.3) is 0 Å². The molecule has 0 heterocycles. The number of hydrogen-bond donors (Lipinski definition) is 2. The van der Waals surface area contributed by atoms with E-state index in [1.54, 1.807) is 0 Å². The summed E-state index contributed by atoms with van der Waals surface area (Å²) in [4.78, 5) is 12.1. The van der Waals surface area contributed by atoms with Crippen molar-refractivity contribution >= 4 is 5.78 Å². The van der Waals surface area contributed by atoms with Crippen LogP contribution in [0.25, 0.3) is 0 Å². The average molecular weight is 423 g/mol. The summed E-state index contributed by atoms with van der Waals surface area (Å²) in [6.45, 7) is 0.849. The molecule has 0 spiro atoms. The predicted octanol–water partition coefficient (Wildman–Crippen LogP) is 5.54. The lowest BCUT2D eigenvalue weighted by Crippen LogP contribution is -2.55. The third-order valence-corrected chi connectivity index (χ3v) is 9.97. The van der Waals surface area contributed by atoms with Crippen LogP contribution in [0.5, 0.6) is 0 Å². The van der Waals surface area contributed by atoms with Crippen molar-refractivity contribution in [1.82, 2.24) is 0 Å². The summed E-state index contributed by atoms with van der Waals surface area (Å²) in [5.41, 5.74) is 1.23. The smallest absolute Gasteiger partial charge is 0.155 e. The highest BCUT2D eigenvalue weighted by Gasteiger charge is 2.61. The van der Waals surface area contributed by atoms with Gasteiger partial charge in [-0.2, -0.15) is 0 Å². The van der Waals surface area contributed by atoms with Crippen molar-refractivity contribution in [3.63, 3.8) is 0 Å². The zero-order chi connectivity index (χ0) is 26.9. The van der Waals surface area contributed by atoms with Crippen LogP contribution in [0.2, 0.25) is 0 Å². The summed E-state index contributed by atoms with van der Waals surface area (Å²) in [5, 5.41) is 21.2. The molecule has 3 saturated carbocycles. The third-order valence-electron chi connectivity index (χ3n) is 9.97. The Morgan fingerprint density at radius 1 is 1.27 bits per heavy atom. The fraction of sp³-hybridized carbons (Fsp3) is 0.889. The highest BCUT2D eigenvalue weighted by atomic mass is 16.3. The molecule has 0 radical (unpaired) electrons. The number of aliphatic hydroxyl groups excluding tert-OH is 1. The van der Waals surface area contributed by atoms with Crippen LogP contribution < -0.4 is 0 Å². The van der Waals surface area contributed by atoms with Gasteiger partial charge in [0.2, 0.25) is 0 Å². The molecule has 0 unspecified atom stereocenters. The Bertz CT molecular complexity index is 881. The maximum absolute atomic E-state index is 12.1. The minimum Gasteiger partial charge on any atom is -0.396 e. The SMILES string of the molecule is [2H]C([2H])([2H])[C@@]([2H])(CCC[C@@H](C)[C@H]1CC[C@H]2[C@@H]3[C@H](O)CC4=CC(=O)CC[C@]4(C)[C@H]3CC[C@]12C)C([2H])([2H])O. The summed E-state index contributed by atoms with van der Waals surface area (Å²) >= 11 is 0. The van der Waals surface area contributed by atoms with E-state index in [0.717, 1.165) is 37.7 Å². The molecule has 0 bridgehead atoms. The zero-order valence-electron chi connectivity index (χ0n) is 24.9. The van der Waals surface area contributed by atoms with Gasteiger partial charge in [-0.25, -0.2) is 0 Å². The first-order valence-electron chi connectivity index (χ1n) is 15.1. The molecule has 0 saturated heterocycles. The molecule has 0 aromatic rings. The summed E-state index contributed by atoms with van der Waals surface area (Å²) in [7, 11) is 0. The predicted molar refractivity (Wildman–Crippen MR) is 121 cm³/mol. The molecular weight excluding hydrogens is 372 g/mol. The van der Waals surface area contributed by atoms with Gasteiger partial charge in [0.05, 0.1) is 8.85 Å². The topological polar surface area (TPSA) is 57.5 Å². The van der Waals surface area contributed by atoms with Crippen molar-refractivity contribution in [2.45, 2.75) is 97.9 Å². The number of ketones is 1. The second-order valence-corrected chi connectivity index (χ2v) is 11.3. The Morgan fingerprint density at radius 3 is 2.80 bits per heavy atom. The Kier molecular flexibility index (Phi) is 4.46. The standard InChI is InChI=1S/C27H44O3/c1-17(16-28)6-5-7-18(2)21-8-9-22-25-23(11-13-27(21,22)4)26(3)12-10-20(29)14-19(26)15-24(25)30/h14,17-18,21-25,28,30H,5-13,15-16H2,1-4H3/t17-,18+,21+,22-,23-,24+,25-,26-,27+/m0/s1/i1D3,16D2,17D. The summed E-state index contributed by atoms with van der Waals surface area (Å²) in [5.74, 6) is -0.620. The van der Waals surface area contributed by atoms with Crippen LogP contribution in [0.1, 0.15) is 100 Å². The second-order valence-electron chi connectivity index (χ2n) is 11.3. The van der Waals surface area contributed by atoms with E-state index in [9.17, 15) is 15.0 Å². The number of carbonyl (C=O) groups is 1. The minimum atomic E-state index is -3.10. The van der Waals surface area contributed by atoms with Crippen molar-refractivity contribution < 1.29 is 23.2 Å². The van der Waals surface area contributed by atoms with Gasteiger partial charge in [-0.1, -0.05) is 46.0 Å². The Hall–Kier alpha value is -0.670. The molecule has 0 amide bonds. The molecule has 4 aliphatic rings. The number of fused-ring (bicyclic) bond motifs is 5. The molecule has 30 heavy (non-hydrogen) atoms. The zero-order valence-corrected chi connectivity index (χ0v) is 18.9. The van der Waals surface area contributed by atoms with Crippen molar-refractivity contribution in [3.05, 3.63) is 11.6 Å². The Labute approximate surface area is 192 Å². The van der Waals surface area contributed by atoms with Crippen LogP contribution in [0.3, 0.4) is 0 Å². The number of aliphatic hydroxyl groups is 2. The summed E-state index contributed by atoms with van der Waals surface area (Å²) in [6.07, 6.45) is 8.54. The van der Waals surface area contributed by atoms with Gasteiger partial charge in [0, 0.05) is 18.5 Å². The van der Waals surface area contributed by atoms with Gasteiger partial charge in [-0.3, -0.25) is 4.79 Å². The van der Waals surface area contributed by atoms with E-state index in [-0.39, 0.29) is 34.9 Å². The molecule has 3 nitrogen and oxygen atoms in total. The first-order valence-corrected chi connectivity index (χ1v) is 12.1. The monoisotopic (exact) mass is 422 g/mol. The average Bonchev–Trinajstić information content (AvgIpc) is 3.10. The molecule has 9 atom stereocenters. The lowest BCUT2D eigenvalue weighted by atomic mass is 9.45. The van der Waals surface area contributed by atoms with Gasteiger partial charge in [-0.15, -0.1) is 0 Å². The minimum absolute atomic E-state index is 0.00111. The molecule has 3 fully saturated rings. The fourth-order valence-corrected chi connectivity index (χ4v) is 8.36. The van der Waals surface area contributed by atoms with Gasteiger partial charge in [0.15, 0.2) is 5.78 Å². The van der Waals surface area contributed by atoms with E-state index < -0.39 is 25.4 Å². The summed E-state index contributed by atoms with van der Waals surface area (Å²) in [6, 6.07) is 0. The first kappa shape index (κ1) is 16.0. The largest absolute Gasteiger partial charge is 0.396 e. The van der Waals surface area contributed by atoms with Crippen LogP contribution in [0.15, 0.2) is 11.6 Å². The van der Waals surface area contributed by atoms with Gasteiger partial charge in [0.1, 0.15) is 0 Å². The lowest BCUT2D eigenvalue weighted by Gasteiger charge is -2.60. The third kappa shape index (κ3) is 3.62. The van der Waals surface area contributed by atoms with Crippen LogP contribution in [-0.2, 0) is 4.79 Å². The Morgan fingerprint density at radius 2 is 2.07 bits per heavy atom.